The van der Waals surface area contributed by atoms with Gasteiger partial charge in [0.2, 0.25) is 14.2 Å². The summed E-state index contributed by atoms with van der Waals surface area (Å²) >= 11 is 0. The third kappa shape index (κ3) is 6.80. The number of aromatic amines is 1. The van der Waals surface area contributed by atoms with Crippen molar-refractivity contribution in [2.75, 3.05) is 20.3 Å². The van der Waals surface area contributed by atoms with Crippen molar-refractivity contribution in [3.05, 3.63) is 36.0 Å². The van der Waals surface area contributed by atoms with Gasteiger partial charge >= 0.3 is 0 Å². The van der Waals surface area contributed by atoms with E-state index in [2.05, 4.69) is 100 Å². The van der Waals surface area contributed by atoms with Crippen LogP contribution in [-0.2, 0) is 9.16 Å². The number of methoxy groups -OCH3 is 1. The molecule has 0 aliphatic carbocycles. The van der Waals surface area contributed by atoms with Crippen LogP contribution in [0.15, 0.2) is 35.3 Å². The van der Waals surface area contributed by atoms with Gasteiger partial charge in [-0.2, -0.15) is 0 Å². The van der Waals surface area contributed by atoms with Crippen LogP contribution >= 0.6 is 0 Å². The Bertz CT molecular complexity index is 1130. The van der Waals surface area contributed by atoms with Gasteiger partial charge < -0.3 is 23.3 Å². The molecule has 1 aromatic carbocycles. The van der Waals surface area contributed by atoms with Gasteiger partial charge in [0, 0.05) is 17.3 Å². The van der Waals surface area contributed by atoms with E-state index in [4.69, 9.17) is 23.3 Å². The molecule has 3 rings (SSSR count). The monoisotopic (exact) mass is 600 g/mol. The molecule has 0 fully saturated rings. The van der Waals surface area contributed by atoms with Crippen LogP contribution in [0.2, 0.25) is 33.2 Å². The van der Waals surface area contributed by atoms with Crippen molar-refractivity contribution in [1.29, 1.82) is 0 Å². The molecule has 8 heteroatoms. The van der Waals surface area contributed by atoms with Crippen LogP contribution in [0.4, 0.5) is 0 Å². The average molecular weight is 601 g/mol. The molecule has 0 amide bonds. The summed E-state index contributed by atoms with van der Waals surface area (Å²) in [4.78, 5) is 8.28. The van der Waals surface area contributed by atoms with Gasteiger partial charge in [-0.3, -0.25) is 0 Å². The number of hydrogen-bond donors (Lipinski definition) is 1. The summed E-state index contributed by atoms with van der Waals surface area (Å²) < 4.78 is 25.8. The van der Waals surface area contributed by atoms with E-state index in [0.29, 0.717) is 52.3 Å². The second-order valence-electron chi connectivity index (χ2n) is 13.6. The molecule has 1 N–H and O–H groups in total. The Balaban J connectivity index is 1.80. The number of nitrogens with zero attached hydrogens (tertiary/aromatic N) is 1. The Labute approximate surface area is 251 Å². The highest BCUT2D eigenvalue weighted by Gasteiger charge is 2.47. The van der Waals surface area contributed by atoms with Crippen molar-refractivity contribution in [2.45, 2.75) is 122 Å². The number of benzene rings is 1. The van der Waals surface area contributed by atoms with E-state index in [1.807, 2.05) is 18.2 Å². The molecule has 0 saturated heterocycles. The Kier molecular flexibility index (Phi) is 11.0. The molecule has 6 nitrogen and oxygen atoms in total. The second kappa shape index (κ2) is 13.5. The predicted molar refractivity (Wildman–Crippen MR) is 178 cm³/mol. The first kappa shape index (κ1) is 33.5. The molecule has 1 aliphatic heterocycles. The molecule has 41 heavy (non-hydrogen) atoms. The van der Waals surface area contributed by atoms with Crippen molar-refractivity contribution in [3.63, 3.8) is 0 Å². The lowest BCUT2D eigenvalue weighted by Crippen LogP contribution is -2.50. The van der Waals surface area contributed by atoms with Crippen molar-refractivity contribution in [3.8, 4) is 22.8 Å². The standard InChI is InChI=1S/C33H56N2O4Si2/c1-21(2)40(22(3)4,23(5)6)37-20-30-19-34-33(38-30)32-15-14-31(35-32)27-16-28(36-13)18-29(17-27)39-41(24(7)8,25(9)10)26(11)12/h14-18,21-26,30,35H,19-20H2,1-13H3/t30-/m1/s1. The Hall–Kier alpha value is -2.04. The van der Waals surface area contributed by atoms with E-state index in [0.717, 1.165) is 28.5 Å². The summed E-state index contributed by atoms with van der Waals surface area (Å²) in [5.41, 5.74) is 5.96. The highest BCUT2D eigenvalue weighted by Crippen LogP contribution is 2.44. The van der Waals surface area contributed by atoms with E-state index in [1.165, 1.54) is 0 Å². The molecule has 1 aliphatic rings. The molecule has 1 atom stereocenters. The van der Waals surface area contributed by atoms with Crippen LogP contribution in [0.1, 0.15) is 88.8 Å². The first-order valence-electron chi connectivity index (χ1n) is 15.6. The van der Waals surface area contributed by atoms with Gasteiger partial charge in [-0.25, -0.2) is 4.99 Å². The zero-order chi connectivity index (χ0) is 30.7. The van der Waals surface area contributed by atoms with Crippen LogP contribution in [0.25, 0.3) is 11.3 Å². The summed E-state index contributed by atoms with van der Waals surface area (Å²) in [5.74, 6) is 2.31. The van der Waals surface area contributed by atoms with Gasteiger partial charge in [-0.15, -0.1) is 0 Å². The van der Waals surface area contributed by atoms with Crippen molar-refractivity contribution < 1.29 is 18.3 Å². The minimum atomic E-state index is -2.11. The maximum atomic E-state index is 7.00. The first-order valence-corrected chi connectivity index (χ1v) is 19.9. The van der Waals surface area contributed by atoms with Gasteiger partial charge in [0.1, 0.15) is 23.3 Å². The summed E-state index contributed by atoms with van der Waals surface area (Å²) in [6, 6.07) is 10.3. The van der Waals surface area contributed by atoms with Crippen molar-refractivity contribution in [1.82, 2.24) is 4.98 Å². The lowest BCUT2D eigenvalue weighted by molar-refractivity contribution is 0.131. The Morgan fingerprint density at radius 1 is 0.756 bits per heavy atom. The van der Waals surface area contributed by atoms with Crippen LogP contribution in [0, 0.1) is 0 Å². The number of rotatable bonds is 14. The fourth-order valence-electron chi connectivity index (χ4n) is 7.54. The lowest BCUT2D eigenvalue weighted by atomic mass is 10.1. The third-order valence-electron chi connectivity index (χ3n) is 9.29. The van der Waals surface area contributed by atoms with Crippen molar-refractivity contribution in [2.24, 2.45) is 4.99 Å². The Morgan fingerprint density at radius 2 is 1.27 bits per heavy atom. The predicted octanol–water partition coefficient (Wildman–Crippen LogP) is 9.58. The van der Waals surface area contributed by atoms with Crippen LogP contribution in [-0.4, -0.2) is 53.9 Å². The fraction of sp³-hybridized carbons (Fsp3) is 0.667. The van der Waals surface area contributed by atoms with Gasteiger partial charge in [-0.1, -0.05) is 83.1 Å². The van der Waals surface area contributed by atoms with Crippen molar-refractivity contribution >= 4 is 22.5 Å². The smallest absolute Gasteiger partial charge is 0.258 e. The molecule has 2 heterocycles. The topological polar surface area (TPSA) is 65.1 Å². The maximum absolute atomic E-state index is 7.00. The number of ether oxygens (including phenoxy) is 2. The number of hydrogen-bond acceptors (Lipinski definition) is 5. The van der Waals surface area contributed by atoms with E-state index in [-0.39, 0.29) is 6.10 Å². The van der Waals surface area contributed by atoms with Gasteiger partial charge in [0.15, 0.2) is 0 Å². The molecule has 0 bridgehead atoms. The van der Waals surface area contributed by atoms with Crippen LogP contribution < -0.4 is 9.16 Å². The minimum absolute atomic E-state index is 0.0575. The Morgan fingerprint density at radius 3 is 1.78 bits per heavy atom. The zero-order valence-electron chi connectivity index (χ0n) is 27.9. The highest BCUT2D eigenvalue weighted by atomic mass is 28.4. The number of aliphatic imine (C=N–C) groups is 1. The lowest BCUT2D eigenvalue weighted by Gasteiger charge is -2.42. The zero-order valence-corrected chi connectivity index (χ0v) is 29.9. The molecule has 0 saturated carbocycles. The average Bonchev–Trinajstić information content (AvgIpc) is 3.56. The van der Waals surface area contributed by atoms with E-state index < -0.39 is 16.6 Å². The first-order chi connectivity index (χ1) is 19.2. The van der Waals surface area contributed by atoms with Gasteiger partial charge in [0.05, 0.1) is 20.3 Å². The van der Waals surface area contributed by atoms with Crippen LogP contribution in [0.5, 0.6) is 11.5 Å². The molecular weight excluding hydrogens is 545 g/mol. The summed E-state index contributed by atoms with van der Waals surface area (Å²) in [5, 5.41) is 0. The summed E-state index contributed by atoms with van der Waals surface area (Å²) in [6.45, 7) is 28.9. The number of nitrogens with one attached hydrogen (secondary N) is 1. The fourth-order valence-corrected chi connectivity index (χ4v) is 18.2. The van der Waals surface area contributed by atoms with Crippen LogP contribution in [0.3, 0.4) is 0 Å². The molecule has 0 unspecified atom stereocenters. The molecule has 2 aromatic rings. The maximum Gasteiger partial charge on any atom is 0.258 e. The molecular formula is C33H56N2O4Si2. The quantitative estimate of drug-likeness (QED) is 0.219. The van der Waals surface area contributed by atoms with E-state index in [1.54, 1.807) is 7.11 Å². The minimum Gasteiger partial charge on any atom is -0.543 e. The highest BCUT2D eigenvalue weighted by molar-refractivity contribution is 6.78. The second-order valence-corrected chi connectivity index (χ2v) is 24.5. The number of aromatic nitrogens is 1. The summed E-state index contributed by atoms with van der Waals surface area (Å²) in [6.07, 6.45) is -0.0575. The molecule has 230 valence electrons. The molecule has 0 radical (unpaired) electrons. The number of H-pyrrole nitrogens is 1. The largest absolute Gasteiger partial charge is 0.543 e. The third-order valence-corrected chi connectivity index (χ3v) is 21.4. The normalized spacial score (nSPS) is 16.5. The van der Waals surface area contributed by atoms with Gasteiger partial charge in [-0.05, 0) is 57.5 Å². The summed E-state index contributed by atoms with van der Waals surface area (Å²) in [7, 11) is -2.35. The van der Waals surface area contributed by atoms with Gasteiger partial charge in [0.25, 0.3) is 8.32 Å². The molecule has 1 aromatic heterocycles. The van der Waals surface area contributed by atoms with E-state index in [9.17, 15) is 0 Å². The molecule has 0 spiro atoms. The van der Waals surface area contributed by atoms with E-state index >= 15 is 0 Å². The SMILES string of the molecule is COc1cc(O[Si](C(C)C)(C(C)C)C(C)C)cc(-c2ccc(C3=NC[C@H](CO[Si](C(C)C)(C(C)C)C(C)C)O3)[nH]2)c1.